The van der Waals surface area contributed by atoms with Crippen molar-refractivity contribution < 1.29 is 151 Å². The van der Waals surface area contributed by atoms with Gasteiger partial charge in [0, 0.05) is 132 Å². The number of alkyl carbamates (subject to hydrolysis) is 1. The zero-order chi connectivity index (χ0) is 93.9. The Morgan fingerprint density at radius 2 is 0.797 bits per heavy atom. The van der Waals surface area contributed by atoms with Crippen LogP contribution in [0, 0.1) is 23.2 Å². The van der Waals surface area contributed by atoms with Gasteiger partial charge in [0.15, 0.2) is 18.9 Å². The van der Waals surface area contributed by atoms with Gasteiger partial charge in [0.2, 0.25) is 17.7 Å². The third-order valence-electron chi connectivity index (χ3n) is 24.2. The third-order valence-corrected chi connectivity index (χ3v) is 27.6. The van der Waals surface area contributed by atoms with Crippen molar-refractivity contribution in [2.24, 2.45) is 23.2 Å². The predicted molar refractivity (Wildman–Crippen MR) is 478 cm³/mol. The number of ether oxygens (including phenoxy) is 12. The zero-order valence-corrected chi connectivity index (χ0v) is 79.1. The van der Waals surface area contributed by atoms with Crippen LogP contribution in [0.4, 0.5) is 4.79 Å². The fraction of sp³-hybridized carbons (Fsp3) is 0.901. The maximum atomic E-state index is 14.2. The summed E-state index contributed by atoms with van der Waals surface area (Å²) >= 11 is 0. The molecular weight excluding hydrogens is 1710 g/mol. The molecule has 0 radical (unpaired) electrons. The third kappa shape index (κ3) is 48.7. The summed E-state index contributed by atoms with van der Waals surface area (Å²) in [5.41, 5.74) is -0.687. The molecule has 0 aliphatic carbocycles. The molecule has 4 amide bonds. The number of hydrogen-bond acceptors (Lipinski definition) is 33. The van der Waals surface area contributed by atoms with Crippen LogP contribution in [-0.2, 0) is 95.2 Å². The maximum absolute atomic E-state index is 14.2. The second-order valence-corrected chi connectivity index (χ2v) is 38.6. The summed E-state index contributed by atoms with van der Waals surface area (Å²) in [5.74, 6) is -1.67. The first-order valence-corrected chi connectivity index (χ1v) is 49.7. The van der Waals surface area contributed by atoms with Crippen LogP contribution in [0.2, 0.25) is 0 Å². The van der Waals surface area contributed by atoms with Crippen LogP contribution in [-0.4, -0.2) is 331 Å². The quantitative estimate of drug-likeness (QED) is 0.0123. The van der Waals surface area contributed by atoms with Gasteiger partial charge in [-0.3, -0.25) is 38.4 Å². The highest BCUT2D eigenvalue weighted by molar-refractivity contribution is 8.77. The normalized spacial score (nSPS) is 24.8. The van der Waals surface area contributed by atoms with E-state index in [1.165, 1.54) is 0 Å². The van der Waals surface area contributed by atoms with Gasteiger partial charge in [-0.25, -0.2) is 4.79 Å². The van der Waals surface area contributed by atoms with Gasteiger partial charge in [-0.1, -0.05) is 93.7 Å². The molecule has 0 aromatic carbocycles. The van der Waals surface area contributed by atoms with Gasteiger partial charge in [-0.2, -0.15) is 0 Å². The molecule has 4 heterocycles. The van der Waals surface area contributed by atoms with Gasteiger partial charge < -0.3 is 129 Å². The number of methoxy groups -OCH3 is 1. The van der Waals surface area contributed by atoms with Crippen molar-refractivity contribution in [2.45, 2.75) is 369 Å². The molecule has 17 atom stereocenters. The number of hydrogen-bond donors (Lipinski definition) is 13. The first-order valence-electron chi connectivity index (χ1n) is 47.4. The summed E-state index contributed by atoms with van der Waals surface area (Å²) in [5, 5.41) is 108. The van der Waals surface area contributed by atoms with E-state index in [2.05, 4.69) is 29.8 Å². The number of aliphatic hydroxyl groups is 10. The maximum Gasteiger partial charge on any atom is 0.407 e. The van der Waals surface area contributed by atoms with Crippen LogP contribution >= 0.6 is 21.6 Å². The topological polar surface area (TPSA) is 506 Å². The van der Waals surface area contributed by atoms with E-state index in [1.54, 1.807) is 54.4 Å². The van der Waals surface area contributed by atoms with Crippen LogP contribution in [0.25, 0.3) is 0 Å². The number of aliphatic hydroxyl groups excluding tert-OH is 10. The number of likely N-dealkylation sites (tertiary alicyclic amines) is 1. The first kappa shape index (κ1) is 116. The fourth-order valence-electron chi connectivity index (χ4n) is 16.1. The number of carbonyl (C=O) groups excluding carboxylic acids is 9. The molecule has 0 spiro atoms. The van der Waals surface area contributed by atoms with E-state index in [1.807, 2.05) is 0 Å². The lowest BCUT2D eigenvalue weighted by Gasteiger charge is -2.40. The van der Waals surface area contributed by atoms with Crippen molar-refractivity contribution in [3.63, 3.8) is 0 Å². The van der Waals surface area contributed by atoms with Gasteiger partial charge >= 0.3 is 18.0 Å². The van der Waals surface area contributed by atoms with Crippen LogP contribution in [0.3, 0.4) is 0 Å². The molecule has 0 aromatic heterocycles. The Bertz CT molecular complexity index is 2950. The van der Waals surface area contributed by atoms with Gasteiger partial charge in [0.25, 0.3) is 0 Å². The van der Waals surface area contributed by atoms with E-state index < -0.39 is 123 Å². The Kier molecular flexibility index (Phi) is 62.1. The zero-order valence-electron chi connectivity index (χ0n) is 77.4. The minimum atomic E-state index is -1.23. The molecule has 13 N–H and O–H groups in total. The molecular formula is C91H162N4O31S2. The number of carbonyl (C=O) groups is 9. The molecule has 744 valence electrons. The number of rotatable bonds is 76. The van der Waals surface area contributed by atoms with Crippen molar-refractivity contribution in [3.05, 3.63) is 0 Å². The average molecular weight is 1870 g/mol. The van der Waals surface area contributed by atoms with Crippen molar-refractivity contribution in [3.8, 4) is 0 Å². The Balaban J connectivity index is 1.26. The predicted octanol–water partition coefficient (Wildman–Crippen LogP) is 7.24. The summed E-state index contributed by atoms with van der Waals surface area (Å²) in [4.78, 5) is 119. The number of Topliss-reactive ketones (excluding diaryl/α,β-unsaturated/α-hetero) is 3. The second kappa shape index (κ2) is 68.5. The lowest BCUT2D eigenvalue weighted by Crippen LogP contribution is -2.55. The average Bonchev–Trinajstić information content (AvgIpc) is 1.10. The molecule has 128 heavy (non-hydrogen) atoms. The summed E-state index contributed by atoms with van der Waals surface area (Å²) < 4.78 is 68.3. The molecule has 0 saturated carbocycles. The van der Waals surface area contributed by atoms with E-state index in [-0.39, 0.29) is 162 Å². The Morgan fingerprint density at radius 3 is 1.26 bits per heavy atom. The van der Waals surface area contributed by atoms with Gasteiger partial charge in [0.05, 0.1) is 123 Å². The largest absolute Gasteiger partial charge is 0.466 e. The van der Waals surface area contributed by atoms with E-state index in [0.717, 1.165) is 64.2 Å². The molecule has 15 unspecified atom stereocenters. The van der Waals surface area contributed by atoms with Crippen LogP contribution in [0.1, 0.15) is 279 Å². The number of esters is 2. The molecule has 37 heteroatoms. The van der Waals surface area contributed by atoms with Crippen molar-refractivity contribution >= 4 is 74.7 Å². The number of ketones is 3. The first-order chi connectivity index (χ1) is 61.5. The summed E-state index contributed by atoms with van der Waals surface area (Å²) in [7, 11) is 4.98. The molecule has 0 bridgehead atoms. The Morgan fingerprint density at radius 1 is 0.398 bits per heavy atom. The molecule has 35 nitrogen and oxygen atoms in total. The second-order valence-electron chi connectivity index (χ2n) is 35.4. The van der Waals surface area contributed by atoms with E-state index >= 15 is 0 Å². The van der Waals surface area contributed by atoms with Gasteiger partial charge in [0.1, 0.15) is 54.0 Å². The highest BCUT2D eigenvalue weighted by Gasteiger charge is 2.46. The molecule has 4 fully saturated rings. The van der Waals surface area contributed by atoms with E-state index in [9.17, 15) is 94.2 Å². The van der Waals surface area contributed by atoms with Crippen LogP contribution in [0.5, 0.6) is 0 Å². The van der Waals surface area contributed by atoms with Crippen molar-refractivity contribution in [2.75, 3.05) is 132 Å². The summed E-state index contributed by atoms with van der Waals surface area (Å²) in [6.45, 7) is 11.5. The highest BCUT2D eigenvalue weighted by Crippen LogP contribution is 2.41. The minimum absolute atomic E-state index is 0.0206. The van der Waals surface area contributed by atoms with Crippen molar-refractivity contribution in [1.82, 2.24) is 20.9 Å². The Hall–Kier alpha value is -4.43. The van der Waals surface area contributed by atoms with Gasteiger partial charge in [-0.05, 0) is 141 Å². The summed E-state index contributed by atoms with van der Waals surface area (Å²) in [6, 6.07) is -0.233. The number of unbranched alkanes of at least 4 members (excludes halogenated alkanes) is 12. The van der Waals surface area contributed by atoms with E-state index in [0.29, 0.717) is 186 Å². The lowest BCUT2D eigenvalue weighted by molar-refractivity contribution is -0.282. The van der Waals surface area contributed by atoms with Crippen LogP contribution in [0.15, 0.2) is 0 Å². The smallest absolute Gasteiger partial charge is 0.407 e. The molecule has 4 aliphatic rings. The number of nitrogens with zero attached hydrogens (tertiary/aromatic N) is 1. The lowest BCUT2D eigenvalue weighted by atomic mass is 9.71. The number of nitrogens with one attached hydrogen (secondary N) is 3. The van der Waals surface area contributed by atoms with Crippen LogP contribution < -0.4 is 16.0 Å². The standard InChI is InChI=1S/C91H162N4O31S2/c1-64-80(108)83(111)72(61-97)124-86(64)120-46-23-31-68(100)29-15-11-14-22-45-94-89(114)123-51-28-41-91(39-26-49-118-78(106)35-16-9-7-12-20-43-92-75(103)32-24-47-121-87-65(2)81(109)84(112)73(62-98)125-87,40-27-50-119-79(107)36-17-10-8-13-21-44-93-76(104)33-25-48-122-88-66(3)82(110)85(113)74(63-99)126-88)58-70(102)38-52-116-53-54-117-55-56-127-128-90(4,5)42-37-69(101)30-18-19-34-77(105)95-59-71(115-6)57-67(95)60-96/h64-67,71-74,80-88,96-99,108-113H,7-63H2,1-6H3,(H,92,103)(H,93,104)(H,94,114)/t64?,65?,66?,67-,71+,72?,73?,74?,80?,81?,82?,83?,84?,85?,86?,87?,88?,91?/m1/s1. The molecule has 0 aromatic rings. The van der Waals surface area contributed by atoms with Crippen molar-refractivity contribution in [1.29, 1.82) is 0 Å². The summed E-state index contributed by atoms with van der Waals surface area (Å²) in [6.07, 6.45) is 6.77. The fourth-order valence-corrected chi connectivity index (χ4v) is 18.5. The Labute approximate surface area is 766 Å². The number of amides is 4. The minimum Gasteiger partial charge on any atom is -0.466 e. The monoisotopic (exact) mass is 1870 g/mol. The molecule has 4 aliphatic heterocycles. The highest BCUT2D eigenvalue weighted by atomic mass is 33.1. The molecule has 4 saturated heterocycles. The van der Waals surface area contributed by atoms with E-state index in [4.69, 9.17) is 56.8 Å². The SMILES string of the molecule is CO[C@H]1C[C@H](CO)N(C(=O)CCCCC(=O)CCC(C)(C)SSCCOCCOCCC(=O)CC(CCCOC(=O)CCCCCCCNC(=O)CCCOC2OC(CO)C(O)C(O)C2C)(CCCOC(=O)CCCCCCCNC(=O)CCCOC2OC(CO)C(O)C(O)C2C)CCCOC(=O)NCCCCCCC(=O)CCCOC2OC(CO)C(O)C(O)C2C)C1. The van der Waals surface area contributed by atoms with Gasteiger partial charge in [-0.15, -0.1) is 0 Å². The molecule has 4 rings (SSSR count).